The maximum absolute atomic E-state index is 11.0. The van der Waals surface area contributed by atoms with Crippen LogP contribution in [0.1, 0.15) is 26.3 Å². The Hall–Kier alpha value is -2.61. The first-order valence-electron chi connectivity index (χ1n) is 8.32. The van der Waals surface area contributed by atoms with Crippen LogP contribution in [0.2, 0.25) is 0 Å². The highest BCUT2D eigenvalue weighted by molar-refractivity contribution is 7.20. The Bertz CT molecular complexity index is 954. The number of rotatable bonds is 5. The summed E-state index contributed by atoms with van der Waals surface area (Å²) in [6.07, 6.45) is 0. The van der Waals surface area contributed by atoms with Crippen LogP contribution in [0.5, 0.6) is 0 Å². The zero-order valence-corrected chi connectivity index (χ0v) is 16.4. The molecule has 0 aliphatic carbocycles. The lowest BCUT2D eigenvalue weighted by molar-refractivity contribution is -0.135. The van der Waals surface area contributed by atoms with Gasteiger partial charge in [0.2, 0.25) is 10.1 Å². The summed E-state index contributed by atoms with van der Waals surface area (Å²) < 4.78 is 1.77. The molecule has 2 heterocycles. The smallest absolute Gasteiger partial charge is 0.323 e. The quantitative estimate of drug-likeness (QED) is 0.712. The Labute approximate surface area is 156 Å². The average molecular weight is 373 g/mol. The number of aromatic nitrogens is 3. The van der Waals surface area contributed by atoms with Gasteiger partial charge >= 0.3 is 5.97 Å². The van der Waals surface area contributed by atoms with Crippen molar-refractivity contribution in [3.63, 3.8) is 0 Å². The number of benzene rings is 1. The fourth-order valence-electron chi connectivity index (χ4n) is 2.62. The first-order valence-corrected chi connectivity index (χ1v) is 9.13. The fourth-order valence-corrected chi connectivity index (χ4v) is 3.49. The molecule has 3 aromatic rings. The van der Waals surface area contributed by atoms with Crippen molar-refractivity contribution in [3.8, 4) is 11.3 Å². The molecule has 0 bridgehead atoms. The van der Waals surface area contributed by atoms with Crippen molar-refractivity contribution in [1.29, 1.82) is 0 Å². The van der Waals surface area contributed by atoms with Gasteiger partial charge in [0, 0.05) is 18.2 Å². The van der Waals surface area contributed by atoms with Gasteiger partial charge in [0.05, 0.1) is 0 Å². The van der Waals surface area contributed by atoms with Crippen molar-refractivity contribution in [3.05, 3.63) is 29.8 Å². The highest BCUT2D eigenvalue weighted by Crippen LogP contribution is 2.34. The molecule has 3 rings (SSSR count). The van der Waals surface area contributed by atoms with Crippen molar-refractivity contribution >= 4 is 33.2 Å². The number of imidazole rings is 1. The topological polar surface area (TPSA) is 82.8 Å². The predicted octanol–water partition coefficient (Wildman–Crippen LogP) is 3.50. The van der Waals surface area contributed by atoms with Gasteiger partial charge in [-0.15, -0.1) is 5.10 Å². The third-order valence-electron chi connectivity index (χ3n) is 3.68. The number of nitrogens with zero attached hydrogens (tertiary/aromatic N) is 4. The van der Waals surface area contributed by atoms with Crippen LogP contribution in [0.25, 0.3) is 16.2 Å². The number of carboxylic acids is 1. The molecular weight excluding hydrogens is 350 g/mol. The number of carboxylic acid groups (broad SMARTS) is 1. The van der Waals surface area contributed by atoms with E-state index in [4.69, 9.17) is 10.1 Å². The lowest BCUT2D eigenvalue weighted by Crippen LogP contribution is -2.27. The number of aliphatic carboxylic acids is 1. The van der Waals surface area contributed by atoms with Crippen LogP contribution in [0.15, 0.2) is 24.3 Å². The molecule has 138 valence electrons. The van der Waals surface area contributed by atoms with Crippen LogP contribution in [0.3, 0.4) is 0 Å². The molecule has 0 aliphatic heterocycles. The van der Waals surface area contributed by atoms with Gasteiger partial charge in [0.15, 0.2) is 5.82 Å². The Balaban J connectivity index is 2.12. The lowest BCUT2D eigenvalue weighted by atomic mass is 10.1. The summed E-state index contributed by atoms with van der Waals surface area (Å²) in [5, 5.41) is 17.7. The number of nitrogens with one attached hydrogen (secondary N) is 1. The molecule has 0 amide bonds. The fraction of sp³-hybridized carbons (Fsp3) is 0.389. The van der Waals surface area contributed by atoms with E-state index in [9.17, 15) is 4.79 Å². The summed E-state index contributed by atoms with van der Waals surface area (Å²) in [6.45, 7) is 8.18. The molecule has 7 nitrogen and oxygen atoms in total. The summed E-state index contributed by atoms with van der Waals surface area (Å²) in [7, 11) is 1.71. The molecule has 8 heteroatoms. The molecule has 2 aromatic heterocycles. The highest BCUT2D eigenvalue weighted by Gasteiger charge is 2.23. The number of aryl methyl sites for hydroxylation is 1. The zero-order chi connectivity index (χ0) is 19.1. The second-order valence-electron chi connectivity index (χ2n) is 7.38. The summed E-state index contributed by atoms with van der Waals surface area (Å²) in [5.41, 5.74) is 2.85. The first-order chi connectivity index (χ1) is 12.1. The summed E-state index contributed by atoms with van der Waals surface area (Å²) in [5.74, 6) is -0.0850. The van der Waals surface area contributed by atoms with Crippen molar-refractivity contribution in [2.45, 2.75) is 33.2 Å². The number of carbonyl (C=O) groups is 1. The number of hydrogen-bond donors (Lipinski definition) is 2. The predicted molar refractivity (Wildman–Crippen MR) is 105 cm³/mol. The van der Waals surface area contributed by atoms with E-state index >= 15 is 0 Å². The molecule has 0 atom stereocenters. The van der Waals surface area contributed by atoms with Gasteiger partial charge in [-0.05, 0) is 33.8 Å². The molecule has 1 aromatic carbocycles. The van der Waals surface area contributed by atoms with Gasteiger partial charge in [-0.2, -0.15) is 4.52 Å². The Morgan fingerprint density at radius 3 is 2.73 bits per heavy atom. The normalized spacial score (nSPS) is 11.7. The van der Waals surface area contributed by atoms with Gasteiger partial charge in [-0.3, -0.25) is 4.79 Å². The molecule has 2 N–H and O–H groups in total. The third kappa shape index (κ3) is 3.80. The van der Waals surface area contributed by atoms with E-state index in [2.05, 4.69) is 50.2 Å². The minimum atomic E-state index is -0.895. The molecule has 0 radical (unpaired) electrons. The first kappa shape index (κ1) is 18.2. The van der Waals surface area contributed by atoms with E-state index in [0.717, 1.165) is 27.6 Å². The molecule has 0 saturated heterocycles. The van der Waals surface area contributed by atoms with E-state index in [1.54, 1.807) is 16.5 Å². The largest absolute Gasteiger partial charge is 0.480 e. The van der Waals surface area contributed by atoms with E-state index in [1.807, 2.05) is 12.1 Å². The lowest BCUT2D eigenvalue weighted by Gasteiger charge is -2.22. The summed E-state index contributed by atoms with van der Waals surface area (Å²) in [6, 6.07) is 8.19. The van der Waals surface area contributed by atoms with Crippen molar-refractivity contribution in [2.75, 3.05) is 23.8 Å². The number of fused-ring (bicyclic) bond motifs is 1. The van der Waals surface area contributed by atoms with E-state index in [1.165, 1.54) is 11.3 Å². The average Bonchev–Trinajstić information content (AvgIpc) is 3.05. The maximum atomic E-state index is 11.0. The van der Waals surface area contributed by atoms with Gasteiger partial charge < -0.3 is 15.3 Å². The van der Waals surface area contributed by atoms with Gasteiger partial charge in [0.1, 0.15) is 12.2 Å². The molecule has 0 unspecified atom stereocenters. The monoisotopic (exact) mass is 373 g/mol. The van der Waals surface area contributed by atoms with Crippen LogP contribution < -0.4 is 10.2 Å². The van der Waals surface area contributed by atoms with Crippen LogP contribution in [-0.2, 0) is 4.79 Å². The van der Waals surface area contributed by atoms with Crippen molar-refractivity contribution in [2.24, 2.45) is 0 Å². The second kappa shape index (κ2) is 6.60. The summed E-state index contributed by atoms with van der Waals surface area (Å²) >= 11 is 1.37. The van der Waals surface area contributed by atoms with Crippen molar-refractivity contribution in [1.82, 2.24) is 14.6 Å². The highest BCUT2D eigenvalue weighted by atomic mass is 32.1. The number of anilines is 2. The number of hydrogen-bond acceptors (Lipinski definition) is 6. The summed E-state index contributed by atoms with van der Waals surface area (Å²) in [4.78, 5) is 18.1. The van der Waals surface area contributed by atoms with Crippen LogP contribution >= 0.6 is 11.3 Å². The third-order valence-corrected chi connectivity index (χ3v) is 4.70. The molecule has 0 spiro atoms. The van der Waals surface area contributed by atoms with Gasteiger partial charge in [-0.25, -0.2) is 4.98 Å². The van der Waals surface area contributed by atoms with E-state index < -0.39 is 5.97 Å². The molecular formula is C18H23N5O2S. The maximum Gasteiger partial charge on any atom is 0.323 e. The standard InChI is InChI=1S/C18H23N5O2S/c1-11-7-6-8-12(9-11)14-15(20-18(2,3)4)23-16(19-14)26-17(21-23)22(5)10-13(24)25/h6-9,20H,10H2,1-5H3,(H,24,25). The van der Waals surface area contributed by atoms with Gasteiger partial charge in [-0.1, -0.05) is 35.1 Å². The minimum Gasteiger partial charge on any atom is -0.480 e. The molecule has 0 fully saturated rings. The Morgan fingerprint density at radius 2 is 2.12 bits per heavy atom. The zero-order valence-electron chi connectivity index (χ0n) is 15.6. The Kier molecular flexibility index (Phi) is 4.62. The van der Waals surface area contributed by atoms with E-state index in [0.29, 0.717) is 5.13 Å². The molecule has 0 saturated carbocycles. The van der Waals surface area contributed by atoms with E-state index in [-0.39, 0.29) is 12.1 Å². The van der Waals surface area contributed by atoms with Crippen LogP contribution in [-0.4, -0.2) is 44.8 Å². The SMILES string of the molecule is Cc1cccc(-c2nc3sc(N(C)CC(=O)O)nn3c2NC(C)(C)C)c1. The molecule has 26 heavy (non-hydrogen) atoms. The second-order valence-corrected chi connectivity index (χ2v) is 8.32. The van der Waals surface area contributed by atoms with Crippen molar-refractivity contribution < 1.29 is 9.90 Å². The Morgan fingerprint density at radius 1 is 1.38 bits per heavy atom. The van der Waals surface area contributed by atoms with Gasteiger partial charge in [0.25, 0.3) is 0 Å². The minimum absolute atomic E-state index is 0.108. The van der Waals surface area contributed by atoms with Crippen LogP contribution in [0.4, 0.5) is 10.9 Å². The molecule has 0 aliphatic rings. The van der Waals surface area contributed by atoms with Crippen LogP contribution in [0, 0.1) is 6.92 Å². The number of likely N-dealkylation sites (N-methyl/N-ethyl adjacent to an activating group) is 1.